The lowest BCUT2D eigenvalue weighted by atomic mass is 10.1. The van der Waals surface area contributed by atoms with Crippen molar-refractivity contribution in [2.45, 2.75) is 19.3 Å². The molecular weight excluding hydrogens is 619 g/mol. The summed E-state index contributed by atoms with van der Waals surface area (Å²) in [6, 6.07) is 22.2. The van der Waals surface area contributed by atoms with Gasteiger partial charge in [0.1, 0.15) is 24.7 Å². The van der Waals surface area contributed by atoms with Crippen molar-refractivity contribution in [1.82, 2.24) is 10.6 Å². The van der Waals surface area contributed by atoms with Gasteiger partial charge in [-0.3, -0.25) is 14.4 Å². The van der Waals surface area contributed by atoms with Crippen LogP contribution < -0.4 is 21.1 Å². The van der Waals surface area contributed by atoms with Crippen molar-refractivity contribution in [2.75, 3.05) is 39.6 Å². The first kappa shape index (κ1) is 34.9. The van der Waals surface area contributed by atoms with Crippen LogP contribution in [0.1, 0.15) is 27.0 Å². The summed E-state index contributed by atoms with van der Waals surface area (Å²) in [7, 11) is 0. The highest BCUT2D eigenvalue weighted by Crippen LogP contribution is 2.33. The maximum absolute atomic E-state index is 13.0. The molecule has 10 nitrogen and oxygen atoms in total. The number of nitrogens with two attached hydrogens (primary N) is 1. The van der Waals surface area contributed by atoms with Gasteiger partial charge in [0.2, 0.25) is 11.8 Å². The Morgan fingerprint density at radius 1 is 0.702 bits per heavy atom. The Morgan fingerprint density at radius 2 is 1.34 bits per heavy atom. The molecule has 0 saturated heterocycles. The van der Waals surface area contributed by atoms with E-state index in [2.05, 4.69) is 10.6 Å². The highest BCUT2D eigenvalue weighted by molar-refractivity contribution is 6.00. The van der Waals surface area contributed by atoms with Crippen molar-refractivity contribution in [2.24, 2.45) is 5.73 Å². The van der Waals surface area contributed by atoms with Gasteiger partial charge in [0, 0.05) is 24.0 Å². The summed E-state index contributed by atoms with van der Waals surface area (Å²) in [4.78, 5) is 35.6. The van der Waals surface area contributed by atoms with E-state index in [4.69, 9.17) is 24.7 Å². The van der Waals surface area contributed by atoms with Gasteiger partial charge >= 0.3 is 6.18 Å². The average molecular weight is 654 g/mol. The van der Waals surface area contributed by atoms with Gasteiger partial charge in [0.15, 0.2) is 0 Å². The number of hydrogen-bond acceptors (Lipinski definition) is 7. The van der Waals surface area contributed by atoms with E-state index in [1.54, 1.807) is 30.3 Å². The number of nitrogens with one attached hydrogen (secondary N) is 2. The number of rotatable bonds is 17. The molecule has 4 N–H and O–H groups in total. The number of primary amides is 1. The van der Waals surface area contributed by atoms with Crippen molar-refractivity contribution in [3.63, 3.8) is 0 Å². The number of ether oxygens (including phenoxy) is 4. The summed E-state index contributed by atoms with van der Waals surface area (Å²) in [6.07, 6.45) is -4.43. The first-order valence-electron chi connectivity index (χ1n) is 14.6. The highest BCUT2D eigenvalue weighted by Gasteiger charge is 2.30. The number of hydrogen-bond donors (Lipinski definition) is 3. The van der Waals surface area contributed by atoms with Crippen LogP contribution in [0.5, 0.6) is 11.5 Å². The fourth-order valence-electron chi connectivity index (χ4n) is 4.38. The monoisotopic (exact) mass is 653 g/mol. The third-order valence-electron chi connectivity index (χ3n) is 6.67. The molecule has 0 aliphatic rings. The summed E-state index contributed by atoms with van der Waals surface area (Å²) in [5, 5.41) is 7.10. The summed E-state index contributed by atoms with van der Waals surface area (Å²) < 4.78 is 60.0. The molecule has 3 amide bonds. The molecule has 0 heterocycles. The minimum absolute atomic E-state index is 0.133. The van der Waals surface area contributed by atoms with E-state index in [0.29, 0.717) is 16.7 Å². The van der Waals surface area contributed by atoms with Crippen LogP contribution in [0.2, 0.25) is 0 Å². The fourth-order valence-corrected chi connectivity index (χ4v) is 4.38. The largest absolute Gasteiger partial charge is 0.457 e. The number of alkyl halides is 3. The SMILES string of the molecule is NC(=O)COCCOCCOCC(=O)NCc1cccc(CNC(=O)c2ccc3c(Oc4ccc(C(F)(F)F)cc4)cccc3c2)c1. The Bertz CT molecular complexity index is 1660. The van der Waals surface area contributed by atoms with E-state index in [1.165, 1.54) is 12.1 Å². The van der Waals surface area contributed by atoms with Crippen molar-refractivity contribution >= 4 is 28.5 Å². The van der Waals surface area contributed by atoms with Crippen LogP contribution in [0.15, 0.2) is 84.9 Å². The Morgan fingerprint density at radius 3 is 2.02 bits per heavy atom. The molecule has 4 aromatic rings. The molecule has 0 radical (unpaired) electrons. The number of halogens is 3. The topological polar surface area (TPSA) is 138 Å². The van der Waals surface area contributed by atoms with E-state index in [9.17, 15) is 27.6 Å². The molecule has 0 saturated carbocycles. The Balaban J connectivity index is 1.21. The average Bonchev–Trinajstić information content (AvgIpc) is 3.05. The van der Waals surface area contributed by atoms with Crippen LogP contribution in [-0.2, 0) is 43.1 Å². The Kier molecular flexibility index (Phi) is 12.7. The van der Waals surface area contributed by atoms with Crippen LogP contribution in [-0.4, -0.2) is 57.4 Å². The fraction of sp³-hybridized carbons (Fsp3) is 0.265. The van der Waals surface area contributed by atoms with E-state index < -0.39 is 17.6 Å². The Hall–Kier alpha value is -4.98. The van der Waals surface area contributed by atoms with Crippen LogP contribution in [0.25, 0.3) is 10.8 Å². The van der Waals surface area contributed by atoms with Gasteiger partial charge in [-0.2, -0.15) is 13.2 Å². The normalized spacial score (nSPS) is 11.3. The lowest BCUT2D eigenvalue weighted by molar-refractivity contribution is -0.137. The molecule has 0 aromatic heterocycles. The second-order valence-corrected chi connectivity index (χ2v) is 10.3. The molecule has 4 aromatic carbocycles. The zero-order chi connectivity index (χ0) is 33.6. The second-order valence-electron chi connectivity index (χ2n) is 10.3. The zero-order valence-electron chi connectivity index (χ0n) is 25.3. The van der Waals surface area contributed by atoms with Crippen LogP contribution in [0.4, 0.5) is 13.2 Å². The van der Waals surface area contributed by atoms with Crippen LogP contribution >= 0.6 is 0 Å². The number of carbonyl (C=O) groups excluding carboxylic acids is 3. The van der Waals surface area contributed by atoms with Gasteiger partial charge in [0.25, 0.3) is 5.91 Å². The van der Waals surface area contributed by atoms with Gasteiger partial charge in [0.05, 0.1) is 32.0 Å². The lowest BCUT2D eigenvalue weighted by Gasteiger charge is -2.12. The molecular formula is C34H34F3N3O7. The molecule has 248 valence electrons. The highest BCUT2D eigenvalue weighted by atomic mass is 19.4. The first-order valence-corrected chi connectivity index (χ1v) is 14.6. The number of amides is 3. The molecule has 13 heteroatoms. The summed E-state index contributed by atoms with van der Waals surface area (Å²) in [5.41, 5.74) is 6.30. The van der Waals surface area contributed by atoms with Crippen molar-refractivity contribution in [1.29, 1.82) is 0 Å². The van der Waals surface area contributed by atoms with E-state index in [1.807, 2.05) is 30.3 Å². The van der Waals surface area contributed by atoms with E-state index in [0.717, 1.165) is 28.6 Å². The molecule has 4 rings (SSSR count). The van der Waals surface area contributed by atoms with Gasteiger partial charge < -0.3 is 35.3 Å². The van der Waals surface area contributed by atoms with Crippen LogP contribution in [0.3, 0.4) is 0 Å². The summed E-state index contributed by atoms with van der Waals surface area (Å²) >= 11 is 0. The number of carbonyl (C=O) groups is 3. The lowest BCUT2D eigenvalue weighted by Crippen LogP contribution is -2.28. The summed E-state index contributed by atoms with van der Waals surface area (Å²) in [6.45, 7) is 1.22. The standard InChI is InChI=1S/C34H34F3N3O7/c35-34(36,37)27-8-10-28(11-9-27)47-30-6-2-5-25-18-26(7-12-29(25)30)33(43)40-20-24-4-1-3-23(17-24)19-39-32(42)22-46-16-14-44-13-15-45-21-31(38)41/h1-12,17-18H,13-16,19-22H2,(H2,38,41)(H,39,42)(H,40,43). The summed E-state index contributed by atoms with van der Waals surface area (Å²) in [5.74, 6) is -0.438. The van der Waals surface area contributed by atoms with Crippen molar-refractivity contribution < 1.29 is 46.5 Å². The molecule has 0 fully saturated rings. The van der Waals surface area contributed by atoms with E-state index >= 15 is 0 Å². The smallest absolute Gasteiger partial charge is 0.416 e. The van der Waals surface area contributed by atoms with Crippen LogP contribution in [0, 0.1) is 0 Å². The predicted octanol–water partition coefficient (Wildman–Crippen LogP) is 4.73. The molecule has 0 unspecified atom stereocenters. The maximum Gasteiger partial charge on any atom is 0.416 e. The van der Waals surface area contributed by atoms with Gasteiger partial charge in [-0.05, 0) is 65.0 Å². The molecule has 0 bridgehead atoms. The zero-order valence-corrected chi connectivity index (χ0v) is 25.3. The molecule has 47 heavy (non-hydrogen) atoms. The molecule has 0 aliphatic carbocycles. The third kappa shape index (κ3) is 11.4. The minimum Gasteiger partial charge on any atom is -0.457 e. The van der Waals surface area contributed by atoms with Gasteiger partial charge in [-0.15, -0.1) is 0 Å². The van der Waals surface area contributed by atoms with Gasteiger partial charge in [-0.1, -0.05) is 36.4 Å². The molecule has 0 spiro atoms. The quantitative estimate of drug-likeness (QED) is 0.140. The van der Waals surface area contributed by atoms with Gasteiger partial charge in [-0.25, -0.2) is 0 Å². The maximum atomic E-state index is 13.0. The first-order chi connectivity index (χ1) is 22.6. The van der Waals surface area contributed by atoms with Crippen molar-refractivity contribution in [3.05, 3.63) is 107 Å². The van der Waals surface area contributed by atoms with Crippen molar-refractivity contribution in [3.8, 4) is 11.5 Å². The number of benzene rings is 4. The van der Waals surface area contributed by atoms with E-state index in [-0.39, 0.29) is 70.3 Å². The Labute approximate surface area is 268 Å². The second kappa shape index (κ2) is 17.1. The number of fused-ring (bicyclic) bond motifs is 1. The minimum atomic E-state index is -4.43. The molecule has 0 atom stereocenters. The third-order valence-corrected chi connectivity index (χ3v) is 6.67. The predicted molar refractivity (Wildman–Crippen MR) is 167 cm³/mol. The molecule has 0 aliphatic heterocycles.